The second kappa shape index (κ2) is 3.80. The molecular formula is C11H14N2O. The molecule has 0 saturated carbocycles. The number of hydrogen-bond donors (Lipinski definition) is 2. The maximum atomic E-state index is 10.7. The number of hydrazine groups is 1. The van der Waals surface area contributed by atoms with E-state index in [0.29, 0.717) is 0 Å². The monoisotopic (exact) mass is 190 g/mol. The Balaban J connectivity index is 2.07. The van der Waals surface area contributed by atoms with Crippen LogP contribution in [0.4, 0.5) is 0 Å². The van der Waals surface area contributed by atoms with Gasteiger partial charge in [0.05, 0.1) is 6.04 Å². The molecule has 0 bridgehead atoms. The Morgan fingerprint density at radius 2 is 2.21 bits per heavy atom. The first kappa shape index (κ1) is 9.21. The van der Waals surface area contributed by atoms with E-state index in [4.69, 9.17) is 0 Å². The van der Waals surface area contributed by atoms with Gasteiger partial charge in [0.1, 0.15) is 0 Å². The molecule has 1 aliphatic carbocycles. The number of carbonyl (C=O) groups is 1. The highest BCUT2D eigenvalue weighted by molar-refractivity contribution is 5.72. The van der Waals surface area contributed by atoms with Gasteiger partial charge in [-0.1, -0.05) is 24.3 Å². The SMILES string of the molecule is CC(=O)NN[C@H]1CCc2ccccc21. The molecule has 1 aromatic rings. The quantitative estimate of drug-likeness (QED) is 0.690. The lowest BCUT2D eigenvalue weighted by molar-refractivity contribution is -0.120. The third-order valence-corrected chi connectivity index (χ3v) is 2.56. The summed E-state index contributed by atoms with van der Waals surface area (Å²) in [6, 6.07) is 8.62. The van der Waals surface area contributed by atoms with E-state index in [-0.39, 0.29) is 11.9 Å². The summed E-state index contributed by atoms with van der Waals surface area (Å²) in [7, 11) is 0. The number of carbonyl (C=O) groups excluding carboxylic acids is 1. The zero-order valence-corrected chi connectivity index (χ0v) is 8.21. The second-order valence-electron chi connectivity index (χ2n) is 3.62. The third-order valence-electron chi connectivity index (χ3n) is 2.56. The summed E-state index contributed by atoms with van der Waals surface area (Å²) in [4.78, 5) is 10.7. The first-order valence-corrected chi connectivity index (χ1v) is 4.87. The number of aryl methyl sites for hydroxylation is 1. The average molecular weight is 190 g/mol. The van der Waals surface area contributed by atoms with Crippen LogP contribution in [0.1, 0.15) is 30.5 Å². The van der Waals surface area contributed by atoms with Crippen molar-refractivity contribution in [3.05, 3.63) is 35.4 Å². The van der Waals surface area contributed by atoms with Gasteiger partial charge < -0.3 is 0 Å². The van der Waals surface area contributed by atoms with Gasteiger partial charge in [0.2, 0.25) is 5.91 Å². The van der Waals surface area contributed by atoms with Gasteiger partial charge in [-0.3, -0.25) is 10.2 Å². The van der Waals surface area contributed by atoms with E-state index in [9.17, 15) is 4.79 Å². The van der Waals surface area contributed by atoms with Crippen molar-refractivity contribution in [2.75, 3.05) is 0 Å². The molecule has 0 aliphatic heterocycles. The predicted octanol–water partition coefficient (Wildman–Crippen LogP) is 1.31. The fourth-order valence-electron chi connectivity index (χ4n) is 1.90. The van der Waals surface area contributed by atoms with E-state index in [1.54, 1.807) is 0 Å². The van der Waals surface area contributed by atoms with Crippen LogP contribution in [0.3, 0.4) is 0 Å². The highest BCUT2D eigenvalue weighted by atomic mass is 16.2. The van der Waals surface area contributed by atoms with Crippen molar-refractivity contribution >= 4 is 5.91 Å². The van der Waals surface area contributed by atoms with Gasteiger partial charge >= 0.3 is 0 Å². The van der Waals surface area contributed by atoms with Crippen molar-refractivity contribution in [2.24, 2.45) is 0 Å². The van der Waals surface area contributed by atoms with E-state index in [2.05, 4.69) is 29.1 Å². The Bertz CT molecular complexity index is 349. The number of hydrogen-bond acceptors (Lipinski definition) is 2. The standard InChI is InChI=1S/C11H14N2O/c1-8(14)12-13-11-7-6-9-4-2-3-5-10(9)11/h2-5,11,13H,6-7H2,1H3,(H,12,14)/t11-/m0/s1. The van der Waals surface area contributed by atoms with E-state index in [1.807, 2.05) is 6.07 Å². The molecule has 1 aromatic carbocycles. The van der Waals surface area contributed by atoms with Gasteiger partial charge in [-0.05, 0) is 24.0 Å². The van der Waals surface area contributed by atoms with Crippen molar-refractivity contribution < 1.29 is 4.79 Å². The summed E-state index contributed by atoms with van der Waals surface area (Å²) in [6.07, 6.45) is 2.15. The highest BCUT2D eigenvalue weighted by Crippen LogP contribution is 2.29. The largest absolute Gasteiger partial charge is 0.291 e. The molecule has 1 atom stereocenters. The fraction of sp³-hybridized carbons (Fsp3) is 0.364. The van der Waals surface area contributed by atoms with Crippen LogP contribution < -0.4 is 10.9 Å². The van der Waals surface area contributed by atoms with Crippen LogP contribution in [-0.2, 0) is 11.2 Å². The number of fused-ring (bicyclic) bond motifs is 1. The van der Waals surface area contributed by atoms with Crippen LogP contribution in [0.2, 0.25) is 0 Å². The van der Waals surface area contributed by atoms with Crippen LogP contribution in [-0.4, -0.2) is 5.91 Å². The number of nitrogens with one attached hydrogen (secondary N) is 2. The minimum atomic E-state index is -0.0469. The molecule has 74 valence electrons. The molecule has 0 spiro atoms. The Labute approximate surface area is 83.5 Å². The number of benzene rings is 1. The molecular weight excluding hydrogens is 176 g/mol. The van der Waals surface area contributed by atoms with E-state index < -0.39 is 0 Å². The summed E-state index contributed by atoms with van der Waals surface area (Å²) in [5, 5.41) is 0. The zero-order chi connectivity index (χ0) is 9.97. The summed E-state index contributed by atoms with van der Waals surface area (Å²) in [6.45, 7) is 1.51. The smallest absolute Gasteiger partial charge is 0.230 e. The maximum absolute atomic E-state index is 10.7. The molecule has 2 rings (SSSR count). The lowest BCUT2D eigenvalue weighted by Crippen LogP contribution is -2.37. The predicted molar refractivity (Wildman–Crippen MR) is 54.5 cm³/mol. The Hall–Kier alpha value is -1.35. The van der Waals surface area contributed by atoms with E-state index >= 15 is 0 Å². The van der Waals surface area contributed by atoms with Gasteiger partial charge in [-0.15, -0.1) is 0 Å². The molecule has 0 aromatic heterocycles. The topological polar surface area (TPSA) is 41.1 Å². The minimum Gasteiger partial charge on any atom is -0.291 e. The van der Waals surface area contributed by atoms with E-state index in [1.165, 1.54) is 18.1 Å². The van der Waals surface area contributed by atoms with Crippen LogP contribution in [0.15, 0.2) is 24.3 Å². The number of amides is 1. The molecule has 1 amide bonds. The molecule has 1 aliphatic rings. The number of rotatable bonds is 2. The van der Waals surface area contributed by atoms with Gasteiger partial charge in [-0.2, -0.15) is 0 Å². The first-order valence-electron chi connectivity index (χ1n) is 4.87. The summed E-state index contributed by atoms with van der Waals surface area (Å²) in [5.74, 6) is -0.0469. The van der Waals surface area contributed by atoms with Crippen molar-refractivity contribution in [1.82, 2.24) is 10.9 Å². The average Bonchev–Trinajstić information content (AvgIpc) is 2.58. The van der Waals surface area contributed by atoms with Crippen LogP contribution in [0, 0.1) is 0 Å². The van der Waals surface area contributed by atoms with Gasteiger partial charge in [0, 0.05) is 6.92 Å². The maximum Gasteiger partial charge on any atom is 0.230 e. The van der Waals surface area contributed by atoms with E-state index in [0.717, 1.165) is 12.8 Å². The molecule has 0 saturated heterocycles. The minimum absolute atomic E-state index is 0.0469. The lowest BCUT2D eigenvalue weighted by atomic mass is 10.1. The van der Waals surface area contributed by atoms with Crippen LogP contribution in [0.25, 0.3) is 0 Å². The molecule has 2 N–H and O–H groups in total. The molecule has 3 nitrogen and oxygen atoms in total. The summed E-state index contributed by atoms with van der Waals surface area (Å²) in [5.41, 5.74) is 8.37. The molecule has 0 unspecified atom stereocenters. The van der Waals surface area contributed by atoms with Gasteiger partial charge in [0.25, 0.3) is 0 Å². The second-order valence-corrected chi connectivity index (χ2v) is 3.62. The Kier molecular flexibility index (Phi) is 2.50. The molecule has 0 radical (unpaired) electrons. The third kappa shape index (κ3) is 1.77. The first-order chi connectivity index (χ1) is 6.77. The Morgan fingerprint density at radius 1 is 1.43 bits per heavy atom. The van der Waals surface area contributed by atoms with Crippen molar-refractivity contribution in [1.29, 1.82) is 0 Å². The normalized spacial score (nSPS) is 19.1. The van der Waals surface area contributed by atoms with Gasteiger partial charge in [-0.25, -0.2) is 5.43 Å². The fourth-order valence-corrected chi connectivity index (χ4v) is 1.90. The summed E-state index contributed by atoms with van der Waals surface area (Å²) >= 11 is 0. The molecule has 0 fully saturated rings. The molecule has 0 heterocycles. The Morgan fingerprint density at radius 3 is 3.00 bits per heavy atom. The van der Waals surface area contributed by atoms with Crippen molar-refractivity contribution in [3.8, 4) is 0 Å². The lowest BCUT2D eigenvalue weighted by Gasteiger charge is -2.13. The molecule has 14 heavy (non-hydrogen) atoms. The van der Waals surface area contributed by atoms with Crippen LogP contribution >= 0.6 is 0 Å². The molecule has 3 heteroatoms. The highest BCUT2D eigenvalue weighted by Gasteiger charge is 2.21. The van der Waals surface area contributed by atoms with Crippen LogP contribution in [0.5, 0.6) is 0 Å². The summed E-state index contributed by atoms with van der Waals surface area (Å²) < 4.78 is 0. The van der Waals surface area contributed by atoms with Gasteiger partial charge in [0.15, 0.2) is 0 Å². The zero-order valence-electron chi connectivity index (χ0n) is 8.21. The van der Waals surface area contributed by atoms with Crippen molar-refractivity contribution in [3.63, 3.8) is 0 Å². The van der Waals surface area contributed by atoms with Crippen molar-refractivity contribution in [2.45, 2.75) is 25.8 Å².